The highest BCUT2D eigenvalue weighted by molar-refractivity contribution is 5.90. The minimum atomic E-state index is -0.560. The van der Waals surface area contributed by atoms with Crippen molar-refractivity contribution in [3.63, 3.8) is 0 Å². The van der Waals surface area contributed by atoms with Gasteiger partial charge in [0.05, 0.1) is 11.1 Å². The van der Waals surface area contributed by atoms with E-state index in [1.54, 1.807) is 0 Å². The number of carbonyl (C=O) groups excluding carboxylic acids is 2. The number of hydrogen-bond donors (Lipinski definition) is 2. The summed E-state index contributed by atoms with van der Waals surface area (Å²) in [4.78, 5) is 24.9. The van der Waals surface area contributed by atoms with Gasteiger partial charge in [-0.25, -0.2) is 9.59 Å². The van der Waals surface area contributed by atoms with Crippen LogP contribution in [0, 0.1) is 0 Å². The third kappa shape index (κ3) is 12.1. The molecule has 2 N–H and O–H groups in total. The number of esters is 2. The molecule has 0 fully saturated rings. The summed E-state index contributed by atoms with van der Waals surface area (Å²) < 4.78 is 11.0. The molecule has 0 aliphatic carbocycles. The van der Waals surface area contributed by atoms with Gasteiger partial charge >= 0.3 is 11.9 Å². The van der Waals surface area contributed by atoms with Crippen molar-refractivity contribution in [2.75, 3.05) is 6.61 Å². The molecule has 0 amide bonds. The van der Waals surface area contributed by atoms with Crippen LogP contribution >= 0.6 is 0 Å². The molecule has 198 valence electrons. The summed E-state index contributed by atoms with van der Waals surface area (Å²) in [7, 11) is 0. The zero-order valence-electron chi connectivity index (χ0n) is 21.6. The Bertz CT molecular complexity index is 875. The van der Waals surface area contributed by atoms with Gasteiger partial charge in [-0.2, -0.15) is 0 Å². The fourth-order valence-corrected chi connectivity index (χ4v) is 4.06. The van der Waals surface area contributed by atoms with E-state index in [9.17, 15) is 19.8 Å². The largest absolute Gasteiger partial charge is 0.508 e. The third-order valence-electron chi connectivity index (χ3n) is 6.26. The van der Waals surface area contributed by atoms with Crippen molar-refractivity contribution in [3.05, 3.63) is 59.7 Å². The molecule has 0 heterocycles. The second-order valence-electron chi connectivity index (χ2n) is 9.40. The Morgan fingerprint density at radius 2 is 1.06 bits per heavy atom. The molecule has 6 heteroatoms. The Kier molecular flexibility index (Phi) is 14.1. The number of carbonyl (C=O) groups is 2. The fourth-order valence-electron chi connectivity index (χ4n) is 4.06. The molecule has 1 atom stereocenters. The van der Waals surface area contributed by atoms with E-state index in [0.717, 1.165) is 19.3 Å². The maximum Gasteiger partial charge on any atom is 0.338 e. The van der Waals surface area contributed by atoms with E-state index in [4.69, 9.17) is 9.47 Å². The standard InChI is InChI=1S/C30H42O6/c1-2-3-4-5-6-7-8-9-10-11-12-13-14-28(36-30(34)25-17-21-27(32)22-18-25)23-35-29(33)24-15-19-26(31)20-16-24/h15-22,28,31-32H,2-14,23H2,1H3. The quantitative estimate of drug-likeness (QED) is 0.163. The zero-order valence-corrected chi connectivity index (χ0v) is 21.6. The van der Waals surface area contributed by atoms with Crippen molar-refractivity contribution in [2.24, 2.45) is 0 Å². The maximum atomic E-state index is 12.6. The molecule has 1 unspecified atom stereocenters. The minimum Gasteiger partial charge on any atom is -0.508 e. The molecule has 2 aromatic rings. The summed E-state index contributed by atoms with van der Waals surface area (Å²) in [6, 6.07) is 11.7. The number of benzene rings is 2. The Balaban J connectivity index is 1.74. The molecule has 36 heavy (non-hydrogen) atoms. The monoisotopic (exact) mass is 498 g/mol. The molecular weight excluding hydrogens is 456 g/mol. The van der Waals surface area contributed by atoms with Crippen molar-refractivity contribution in [1.29, 1.82) is 0 Å². The lowest BCUT2D eigenvalue weighted by atomic mass is 10.0. The number of rotatable bonds is 18. The van der Waals surface area contributed by atoms with E-state index in [1.165, 1.54) is 106 Å². The van der Waals surface area contributed by atoms with Gasteiger partial charge in [0, 0.05) is 0 Å². The minimum absolute atomic E-state index is 0.0401. The predicted molar refractivity (Wildman–Crippen MR) is 141 cm³/mol. The molecule has 0 aromatic heterocycles. The molecule has 0 saturated heterocycles. The van der Waals surface area contributed by atoms with Crippen LogP contribution in [0.5, 0.6) is 11.5 Å². The van der Waals surface area contributed by atoms with Gasteiger partial charge in [-0.05, 0) is 61.4 Å². The van der Waals surface area contributed by atoms with Crippen LogP contribution in [0.15, 0.2) is 48.5 Å². The molecule has 0 saturated carbocycles. The average molecular weight is 499 g/mol. The van der Waals surface area contributed by atoms with Crippen molar-refractivity contribution in [1.82, 2.24) is 0 Å². The molecular formula is C30H42O6. The van der Waals surface area contributed by atoms with Crippen LogP contribution < -0.4 is 0 Å². The van der Waals surface area contributed by atoms with Crippen LogP contribution in [-0.2, 0) is 9.47 Å². The van der Waals surface area contributed by atoms with Crippen LogP contribution in [0.2, 0.25) is 0 Å². The second-order valence-corrected chi connectivity index (χ2v) is 9.40. The van der Waals surface area contributed by atoms with E-state index in [-0.39, 0.29) is 18.1 Å². The van der Waals surface area contributed by atoms with Gasteiger partial charge in [0.15, 0.2) is 0 Å². The van der Waals surface area contributed by atoms with E-state index in [0.29, 0.717) is 17.5 Å². The first-order valence-electron chi connectivity index (χ1n) is 13.5. The Hall–Kier alpha value is -3.02. The summed E-state index contributed by atoms with van der Waals surface area (Å²) in [5, 5.41) is 18.8. The summed E-state index contributed by atoms with van der Waals surface area (Å²) in [5.41, 5.74) is 0.652. The highest BCUT2D eigenvalue weighted by Crippen LogP contribution is 2.17. The molecule has 2 rings (SSSR count). The van der Waals surface area contributed by atoms with Gasteiger partial charge in [0.25, 0.3) is 0 Å². The van der Waals surface area contributed by atoms with E-state index >= 15 is 0 Å². The van der Waals surface area contributed by atoms with Crippen LogP contribution in [0.25, 0.3) is 0 Å². The van der Waals surface area contributed by atoms with Gasteiger partial charge in [-0.1, -0.05) is 77.6 Å². The maximum absolute atomic E-state index is 12.6. The average Bonchev–Trinajstić information content (AvgIpc) is 2.88. The number of hydrogen-bond acceptors (Lipinski definition) is 6. The molecule has 6 nitrogen and oxygen atoms in total. The Labute approximate surface area is 215 Å². The first kappa shape index (κ1) is 29.2. The van der Waals surface area contributed by atoms with Crippen molar-refractivity contribution in [2.45, 2.75) is 96.5 Å². The van der Waals surface area contributed by atoms with Gasteiger partial charge in [-0.3, -0.25) is 0 Å². The summed E-state index contributed by atoms with van der Waals surface area (Å²) in [6.07, 6.45) is 14.9. The number of ether oxygens (including phenoxy) is 2. The molecule has 0 aliphatic heterocycles. The van der Waals surface area contributed by atoms with E-state index in [1.807, 2.05) is 0 Å². The van der Waals surface area contributed by atoms with Crippen LogP contribution in [-0.4, -0.2) is 34.9 Å². The number of aromatic hydroxyl groups is 2. The smallest absolute Gasteiger partial charge is 0.338 e. The topological polar surface area (TPSA) is 93.1 Å². The van der Waals surface area contributed by atoms with Crippen LogP contribution in [0.3, 0.4) is 0 Å². The molecule has 2 aromatic carbocycles. The Morgan fingerprint density at radius 1 is 0.639 bits per heavy atom. The summed E-state index contributed by atoms with van der Waals surface area (Å²) >= 11 is 0. The number of phenols is 2. The Morgan fingerprint density at radius 3 is 1.53 bits per heavy atom. The number of phenolic OH excluding ortho intramolecular Hbond substituents is 2. The highest BCUT2D eigenvalue weighted by atomic mass is 16.6. The van der Waals surface area contributed by atoms with Gasteiger partial charge in [0.1, 0.15) is 24.2 Å². The molecule has 0 radical (unpaired) electrons. The SMILES string of the molecule is CCCCCCCCCCCCCCC(COC(=O)c1ccc(O)cc1)OC(=O)c1ccc(O)cc1. The lowest BCUT2D eigenvalue weighted by molar-refractivity contribution is -0.00342. The summed E-state index contributed by atoms with van der Waals surface area (Å²) in [6.45, 7) is 2.20. The van der Waals surface area contributed by atoms with Gasteiger partial charge in [-0.15, -0.1) is 0 Å². The van der Waals surface area contributed by atoms with Crippen LogP contribution in [0.4, 0.5) is 0 Å². The van der Waals surface area contributed by atoms with Gasteiger partial charge < -0.3 is 19.7 Å². The van der Waals surface area contributed by atoms with Crippen molar-refractivity contribution >= 4 is 11.9 Å². The van der Waals surface area contributed by atoms with E-state index in [2.05, 4.69) is 6.92 Å². The second kappa shape index (κ2) is 17.4. The van der Waals surface area contributed by atoms with Gasteiger partial charge in [0.2, 0.25) is 0 Å². The molecule has 0 spiro atoms. The zero-order chi connectivity index (χ0) is 26.0. The van der Waals surface area contributed by atoms with Crippen molar-refractivity contribution in [3.8, 4) is 11.5 Å². The van der Waals surface area contributed by atoms with E-state index < -0.39 is 18.0 Å². The molecule has 0 bridgehead atoms. The summed E-state index contributed by atoms with van der Waals surface area (Å²) in [5.74, 6) is -0.906. The highest BCUT2D eigenvalue weighted by Gasteiger charge is 2.19. The first-order chi connectivity index (χ1) is 17.5. The lowest BCUT2D eigenvalue weighted by Crippen LogP contribution is -2.25. The predicted octanol–water partition coefficient (Wildman–Crippen LogP) is 7.57. The molecule has 0 aliphatic rings. The first-order valence-corrected chi connectivity index (χ1v) is 13.5. The normalized spacial score (nSPS) is 11.7. The fraction of sp³-hybridized carbons (Fsp3) is 0.533. The van der Waals surface area contributed by atoms with Crippen LogP contribution in [0.1, 0.15) is 111 Å². The van der Waals surface area contributed by atoms with Crippen molar-refractivity contribution < 1.29 is 29.3 Å². The number of unbranched alkanes of at least 4 members (excludes halogenated alkanes) is 11. The third-order valence-corrected chi connectivity index (χ3v) is 6.26. The lowest BCUT2D eigenvalue weighted by Gasteiger charge is -2.18.